The number of para-hydroxylation sites is 2. The standard InChI is InChI=1S/C20H14ClN3O3S/c21-14-10-11-16(15(12-14)19(25)13-6-2-1-3-7-13)22-20(28)23-17-8-4-5-9-18(17)24(26)27/h1-12H,(H2,22,23,28). The largest absolute Gasteiger partial charge is 0.332 e. The highest BCUT2D eigenvalue weighted by atomic mass is 35.5. The second kappa shape index (κ2) is 8.60. The monoisotopic (exact) mass is 411 g/mol. The highest BCUT2D eigenvalue weighted by molar-refractivity contribution is 7.80. The molecule has 3 aromatic carbocycles. The molecule has 0 saturated carbocycles. The van der Waals surface area contributed by atoms with Gasteiger partial charge in [0.15, 0.2) is 10.9 Å². The van der Waals surface area contributed by atoms with Crippen LogP contribution in [0, 0.1) is 10.1 Å². The Balaban J connectivity index is 1.86. The van der Waals surface area contributed by atoms with E-state index < -0.39 is 4.92 Å². The topological polar surface area (TPSA) is 84.3 Å². The Morgan fingerprint density at radius 3 is 2.29 bits per heavy atom. The van der Waals surface area contributed by atoms with E-state index in [1.165, 1.54) is 6.07 Å². The lowest BCUT2D eigenvalue weighted by molar-refractivity contribution is -0.383. The molecule has 0 aromatic heterocycles. The summed E-state index contributed by atoms with van der Waals surface area (Å²) >= 11 is 11.3. The van der Waals surface area contributed by atoms with Crippen LogP contribution in [0.15, 0.2) is 72.8 Å². The van der Waals surface area contributed by atoms with Crippen LogP contribution in [0.4, 0.5) is 17.1 Å². The first-order valence-corrected chi connectivity index (χ1v) is 8.95. The number of nitrogens with zero attached hydrogens (tertiary/aromatic N) is 1. The number of benzene rings is 3. The van der Waals surface area contributed by atoms with Gasteiger partial charge in [-0.25, -0.2) is 0 Å². The first-order chi connectivity index (χ1) is 13.5. The van der Waals surface area contributed by atoms with E-state index in [9.17, 15) is 14.9 Å². The van der Waals surface area contributed by atoms with E-state index >= 15 is 0 Å². The third-order valence-electron chi connectivity index (χ3n) is 3.86. The highest BCUT2D eigenvalue weighted by Crippen LogP contribution is 2.26. The average Bonchev–Trinajstić information content (AvgIpc) is 2.69. The van der Waals surface area contributed by atoms with Crippen LogP contribution in [0.25, 0.3) is 0 Å². The quantitative estimate of drug-likeness (QED) is 0.257. The molecule has 8 heteroatoms. The molecule has 0 aliphatic heterocycles. The minimum absolute atomic E-state index is 0.108. The molecule has 0 aliphatic carbocycles. The van der Waals surface area contributed by atoms with E-state index in [4.69, 9.17) is 23.8 Å². The van der Waals surface area contributed by atoms with Crippen LogP contribution < -0.4 is 10.6 Å². The van der Waals surface area contributed by atoms with Gasteiger partial charge in [-0.3, -0.25) is 14.9 Å². The third-order valence-corrected chi connectivity index (χ3v) is 4.30. The van der Waals surface area contributed by atoms with Gasteiger partial charge in [0.2, 0.25) is 0 Å². The summed E-state index contributed by atoms with van der Waals surface area (Å²) in [7, 11) is 0. The number of nitrogens with one attached hydrogen (secondary N) is 2. The molecule has 0 spiro atoms. The molecule has 140 valence electrons. The van der Waals surface area contributed by atoms with Gasteiger partial charge in [-0.1, -0.05) is 54.1 Å². The number of nitro benzene ring substituents is 1. The van der Waals surface area contributed by atoms with Gasteiger partial charge < -0.3 is 10.6 Å². The number of carbonyl (C=O) groups is 1. The lowest BCUT2D eigenvalue weighted by Crippen LogP contribution is -2.21. The third kappa shape index (κ3) is 4.51. The summed E-state index contributed by atoms with van der Waals surface area (Å²) in [5, 5.41) is 17.4. The van der Waals surface area contributed by atoms with Crippen LogP contribution >= 0.6 is 23.8 Å². The fourth-order valence-electron chi connectivity index (χ4n) is 2.57. The van der Waals surface area contributed by atoms with Crippen molar-refractivity contribution in [1.29, 1.82) is 0 Å². The Hall–Kier alpha value is -3.29. The van der Waals surface area contributed by atoms with Crippen LogP contribution in [-0.2, 0) is 0 Å². The maximum absolute atomic E-state index is 12.9. The zero-order chi connectivity index (χ0) is 20.1. The molecule has 2 N–H and O–H groups in total. The number of thiocarbonyl (C=S) groups is 1. The lowest BCUT2D eigenvalue weighted by Gasteiger charge is -2.14. The molecular formula is C20H14ClN3O3S. The van der Waals surface area contributed by atoms with Gasteiger partial charge in [-0.15, -0.1) is 0 Å². The number of rotatable bonds is 5. The normalized spacial score (nSPS) is 10.2. The van der Waals surface area contributed by atoms with Gasteiger partial charge in [-0.05, 0) is 36.5 Å². The van der Waals surface area contributed by atoms with Crippen LogP contribution in [0.2, 0.25) is 5.02 Å². The molecule has 0 radical (unpaired) electrons. The molecule has 0 aliphatic rings. The van der Waals surface area contributed by atoms with Crippen molar-refractivity contribution in [3.63, 3.8) is 0 Å². The van der Waals surface area contributed by atoms with E-state index in [1.54, 1.807) is 60.7 Å². The van der Waals surface area contributed by atoms with Crippen molar-refractivity contribution in [2.24, 2.45) is 0 Å². The van der Waals surface area contributed by atoms with E-state index in [0.29, 0.717) is 21.8 Å². The summed E-state index contributed by atoms with van der Waals surface area (Å²) in [5.41, 5.74) is 1.42. The molecule has 0 saturated heterocycles. The Kier molecular flexibility index (Phi) is 5.98. The molecular weight excluding hydrogens is 398 g/mol. The molecule has 0 unspecified atom stereocenters. The van der Waals surface area contributed by atoms with Crippen molar-refractivity contribution in [3.05, 3.63) is 99.1 Å². The molecule has 6 nitrogen and oxygen atoms in total. The van der Waals surface area contributed by atoms with E-state index in [-0.39, 0.29) is 22.3 Å². The van der Waals surface area contributed by atoms with Gasteiger partial charge in [0, 0.05) is 22.2 Å². The molecule has 3 rings (SSSR count). The number of hydrogen-bond acceptors (Lipinski definition) is 4. The lowest BCUT2D eigenvalue weighted by atomic mass is 10.0. The van der Waals surface area contributed by atoms with Gasteiger partial charge >= 0.3 is 0 Å². The molecule has 28 heavy (non-hydrogen) atoms. The number of anilines is 2. The second-order valence-corrected chi connectivity index (χ2v) is 6.58. The number of nitro groups is 1. The van der Waals surface area contributed by atoms with E-state index in [0.717, 1.165) is 0 Å². The first-order valence-electron chi connectivity index (χ1n) is 8.16. The fourth-order valence-corrected chi connectivity index (χ4v) is 2.96. The first kappa shape index (κ1) is 19.5. The van der Waals surface area contributed by atoms with Gasteiger partial charge in [0.25, 0.3) is 5.69 Å². The van der Waals surface area contributed by atoms with Gasteiger partial charge in [-0.2, -0.15) is 0 Å². The number of hydrogen-bond donors (Lipinski definition) is 2. The second-order valence-electron chi connectivity index (χ2n) is 5.74. The zero-order valence-electron chi connectivity index (χ0n) is 14.4. The van der Waals surface area contributed by atoms with Crippen molar-refractivity contribution >= 4 is 51.8 Å². The zero-order valence-corrected chi connectivity index (χ0v) is 16.0. The van der Waals surface area contributed by atoms with Gasteiger partial charge in [0.05, 0.1) is 10.6 Å². The summed E-state index contributed by atoms with van der Waals surface area (Å²) in [4.78, 5) is 23.5. The van der Waals surface area contributed by atoms with Crippen molar-refractivity contribution < 1.29 is 9.72 Å². The predicted octanol–water partition coefficient (Wildman–Crippen LogP) is 5.29. The maximum atomic E-state index is 12.9. The van der Waals surface area contributed by atoms with Crippen LogP contribution in [0.1, 0.15) is 15.9 Å². The Labute approximate surface area is 171 Å². The maximum Gasteiger partial charge on any atom is 0.292 e. The van der Waals surface area contributed by atoms with Crippen molar-refractivity contribution in [1.82, 2.24) is 0 Å². The molecule has 0 amide bonds. The van der Waals surface area contributed by atoms with Crippen LogP contribution in [0.5, 0.6) is 0 Å². The fraction of sp³-hybridized carbons (Fsp3) is 0. The molecule has 0 heterocycles. The smallest absolute Gasteiger partial charge is 0.292 e. The Morgan fingerprint density at radius 2 is 1.57 bits per heavy atom. The highest BCUT2D eigenvalue weighted by Gasteiger charge is 2.17. The molecule has 3 aromatic rings. The van der Waals surface area contributed by atoms with E-state index in [1.807, 2.05) is 6.07 Å². The molecule has 0 bridgehead atoms. The Bertz CT molecular complexity index is 1060. The average molecular weight is 412 g/mol. The molecule has 0 fully saturated rings. The van der Waals surface area contributed by atoms with Crippen molar-refractivity contribution in [2.45, 2.75) is 0 Å². The number of halogens is 1. The predicted molar refractivity (Wildman–Crippen MR) is 114 cm³/mol. The van der Waals surface area contributed by atoms with Crippen molar-refractivity contribution in [3.8, 4) is 0 Å². The summed E-state index contributed by atoms with van der Waals surface area (Å²) in [6, 6.07) is 19.7. The molecule has 0 atom stereocenters. The Morgan fingerprint density at radius 1 is 0.929 bits per heavy atom. The summed E-state index contributed by atoms with van der Waals surface area (Å²) in [6.45, 7) is 0. The number of ketones is 1. The summed E-state index contributed by atoms with van der Waals surface area (Å²) in [6.07, 6.45) is 0. The van der Waals surface area contributed by atoms with Crippen molar-refractivity contribution in [2.75, 3.05) is 10.6 Å². The minimum atomic E-state index is -0.502. The summed E-state index contributed by atoms with van der Waals surface area (Å²) < 4.78 is 0. The van der Waals surface area contributed by atoms with Crippen LogP contribution in [-0.4, -0.2) is 15.8 Å². The van der Waals surface area contributed by atoms with Gasteiger partial charge in [0.1, 0.15) is 5.69 Å². The summed E-state index contributed by atoms with van der Waals surface area (Å²) in [5.74, 6) is -0.223. The van der Waals surface area contributed by atoms with Crippen LogP contribution in [0.3, 0.4) is 0 Å². The SMILES string of the molecule is O=C(c1ccccc1)c1cc(Cl)ccc1NC(=S)Nc1ccccc1[N+](=O)[O-]. The number of carbonyl (C=O) groups excluding carboxylic acids is 1. The van der Waals surface area contributed by atoms with E-state index in [2.05, 4.69) is 10.6 Å². The minimum Gasteiger partial charge on any atom is -0.332 e.